The van der Waals surface area contributed by atoms with E-state index in [9.17, 15) is 4.39 Å². The third kappa shape index (κ3) is 3.35. The first-order valence-corrected chi connectivity index (χ1v) is 8.48. The van der Waals surface area contributed by atoms with E-state index in [2.05, 4.69) is 20.0 Å². The first kappa shape index (κ1) is 15.4. The number of morpholine rings is 1. The largest absolute Gasteiger partial charge is 0.368 e. The summed E-state index contributed by atoms with van der Waals surface area (Å²) in [5, 5.41) is 6.91. The van der Waals surface area contributed by atoms with E-state index in [1.165, 1.54) is 12.1 Å². The molecule has 3 heterocycles. The maximum absolute atomic E-state index is 13.0. The fourth-order valence-corrected chi connectivity index (χ4v) is 3.29. The molecular weight excluding hydrogens is 331 g/mol. The number of rotatable bonds is 4. The molecule has 2 aromatic heterocycles. The molecule has 0 unspecified atom stereocenters. The molecule has 6 nitrogen and oxygen atoms in total. The van der Waals surface area contributed by atoms with Crippen LogP contribution in [-0.4, -0.2) is 39.7 Å². The Morgan fingerprint density at radius 3 is 2.96 bits per heavy atom. The summed E-state index contributed by atoms with van der Waals surface area (Å²) >= 11 is 1.60. The first-order chi connectivity index (χ1) is 11.8. The van der Waals surface area contributed by atoms with Crippen LogP contribution in [0.2, 0.25) is 0 Å². The summed E-state index contributed by atoms with van der Waals surface area (Å²) in [5.41, 5.74) is 0.731. The Kier molecular flexibility index (Phi) is 4.33. The monoisotopic (exact) mass is 346 g/mol. The van der Waals surface area contributed by atoms with Crippen molar-refractivity contribution in [1.82, 2.24) is 20.0 Å². The molecule has 0 amide bonds. The Balaban J connectivity index is 1.43. The molecule has 0 spiro atoms. The van der Waals surface area contributed by atoms with Crippen LogP contribution in [0.25, 0.3) is 11.4 Å². The molecular formula is C16H15FN4O2S. The van der Waals surface area contributed by atoms with Gasteiger partial charge in [0.2, 0.25) is 11.7 Å². The zero-order chi connectivity index (χ0) is 16.4. The number of benzene rings is 1. The second kappa shape index (κ2) is 6.76. The topological polar surface area (TPSA) is 64.3 Å². The minimum absolute atomic E-state index is 0.0155. The molecule has 1 aromatic carbocycles. The van der Waals surface area contributed by atoms with Gasteiger partial charge < -0.3 is 9.26 Å². The van der Waals surface area contributed by atoms with Gasteiger partial charge in [-0.25, -0.2) is 9.37 Å². The normalized spacial score (nSPS) is 18.8. The van der Waals surface area contributed by atoms with Gasteiger partial charge in [0, 0.05) is 30.2 Å². The molecule has 0 saturated carbocycles. The Morgan fingerprint density at radius 1 is 1.29 bits per heavy atom. The van der Waals surface area contributed by atoms with Gasteiger partial charge in [-0.05, 0) is 24.3 Å². The lowest BCUT2D eigenvalue weighted by molar-refractivity contribution is -0.0356. The van der Waals surface area contributed by atoms with Gasteiger partial charge in [-0.3, -0.25) is 4.90 Å². The van der Waals surface area contributed by atoms with Crippen molar-refractivity contribution in [3.63, 3.8) is 0 Å². The predicted octanol–water partition coefficient (Wildman–Crippen LogP) is 2.91. The molecule has 8 heteroatoms. The SMILES string of the molecule is Fc1ccc(-c2noc(CN3CCO[C@H](c4nccs4)C3)n2)cc1. The third-order valence-corrected chi connectivity index (χ3v) is 4.67. The smallest absolute Gasteiger partial charge is 0.241 e. The van der Waals surface area contributed by atoms with Gasteiger partial charge in [0.1, 0.15) is 16.9 Å². The van der Waals surface area contributed by atoms with Crippen molar-refractivity contribution in [3.05, 3.63) is 52.6 Å². The van der Waals surface area contributed by atoms with Crippen molar-refractivity contribution in [3.8, 4) is 11.4 Å². The average molecular weight is 346 g/mol. The van der Waals surface area contributed by atoms with Crippen molar-refractivity contribution < 1.29 is 13.7 Å². The van der Waals surface area contributed by atoms with Gasteiger partial charge in [-0.1, -0.05) is 5.16 Å². The van der Waals surface area contributed by atoms with Crippen molar-refractivity contribution in [1.29, 1.82) is 0 Å². The van der Waals surface area contributed by atoms with Crippen LogP contribution < -0.4 is 0 Å². The lowest BCUT2D eigenvalue weighted by Gasteiger charge is -2.30. The highest BCUT2D eigenvalue weighted by molar-refractivity contribution is 7.09. The van der Waals surface area contributed by atoms with Crippen molar-refractivity contribution >= 4 is 11.3 Å². The lowest BCUT2D eigenvalue weighted by Crippen LogP contribution is -2.37. The molecule has 0 radical (unpaired) electrons. The molecule has 0 N–H and O–H groups in total. The van der Waals surface area contributed by atoms with E-state index in [0.717, 1.165) is 23.7 Å². The minimum Gasteiger partial charge on any atom is -0.368 e. The molecule has 1 fully saturated rings. The van der Waals surface area contributed by atoms with Gasteiger partial charge in [0.25, 0.3) is 0 Å². The van der Waals surface area contributed by atoms with Gasteiger partial charge in [-0.15, -0.1) is 11.3 Å². The Hall–Kier alpha value is -2.16. The molecule has 24 heavy (non-hydrogen) atoms. The van der Waals surface area contributed by atoms with Crippen LogP contribution >= 0.6 is 11.3 Å². The molecule has 1 saturated heterocycles. The average Bonchev–Trinajstić information content (AvgIpc) is 3.28. The van der Waals surface area contributed by atoms with Crippen LogP contribution in [0, 0.1) is 5.82 Å². The predicted molar refractivity (Wildman–Crippen MR) is 85.8 cm³/mol. The molecule has 1 aliphatic rings. The number of thiazole rings is 1. The zero-order valence-electron chi connectivity index (χ0n) is 12.8. The second-order valence-corrected chi connectivity index (χ2v) is 6.41. The first-order valence-electron chi connectivity index (χ1n) is 7.60. The van der Waals surface area contributed by atoms with Crippen LogP contribution in [0.1, 0.15) is 17.0 Å². The summed E-state index contributed by atoms with van der Waals surface area (Å²) in [5.74, 6) is 0.716. The van der Waals surface area contributed by atoms with Gasteiger partial charge in [0.15, 0.2) is 0 Å². The maximum Gasteiger partial charge on any atom is 0.241 e. The summed E-state index contributed by atoms with van der Waals surface area (Å²) in [4.78, 5) is 10.9. The van der Waals surface area contributed by atoms with Crippen molar-refractivity contribution in [2.45, 2.75) is 12.6 Å². The highest BCUT2D eigenvalue weighted by Gasteiger charge is 2.25. The molecule has 1 aliphatic heterocycles. The Bertz CT molecular complexity index is 791. The molecule has 1 atom stereocenters. The number of nitrogens with zero attached hydrogens (tertiary/aromatic N) is 4. The van der Waals surface area contributed by atoms with Crippen molar-refractivity contribution in [2.75, 3.05) is 19.7 Å². The fourth-order valence-electron chi connectivity index (χ4n) is 2.62. The van der Waals surface area contributed by atoms with Crippen LogP contribution in [0.3, 0.4) is 0 Å². The second-order valence-electron chi connectivity index (χ2n) is 5.48. The van der Waals surface area contributed by atoms with E-state index in [0.29, 0.717) is 24.9 Å². The molecule has 124 valence electrons. The molecule has 0 bridgehead atoms. The van der Waals surface area contributed by atoms with Gasteiger partial charge in [0.05, 0.1) is 13.2 Å². The number of hydrogen-bond donors (Lipinski definition) is 0. The minimum atomic E-state index is -0.288. The van der Waals surface area contributed by atoms with Crippen LogP contribution in [-0.2, 0) is 11.3 Å². The number of hydrogen-bond acceptors (Lipinski definition) is 7. The van der Waals surface area contributed by atoms with Crippen LogP contribution in [0.4, 0.5) is 4.39 Å². The summed E-state index contributed by atoms with van der Waals surface area (Å²) in [7, 11) is 0. The van der Waals surface area contributed by atoms with Crippen LogP contribution in [0.5, 0.6) is 0 Å². The fraction of sp³-hybridized carbons (Fsp3) is 0.312. The van der Waals surface area contributed by atoms with E-state index in [-0.39, 0.29) is 11.9 Å². The maximum atomic E-state index is 13.0. The van der Waals surface area contributed by atoms with E-state index < -0.39 is 0 Å². The standard InChI is InChI=1S/C16H15FN4O2S/c17-12-3-1-11(2-4-12)15-19-14(23-20-15)10-21-6-7-22-13(9-21)16-18-5-8-24-16/h1-5,8,13H,6-7,9-10H2/t13-/m0/s1. The highest BCUT2D eigenvalue weighted by Crippen LogP contribution is 2.25. The Labute approximate surface area is 141 Å². The summed E-state index contributed by atoms with van der Waals surface area (Å²) in [6.45, 7) is 2.74. The molecule has 3 aromatic rings. The number of ether oxygens (including phenoxy) is 1. The number of halogens is 1. The van der Waals surface area contributed by atoms with Gasteiger partial charge in [-0.2, -0.15) is 4.98 Å². The molecule has 0 aliphatic carbocycles. The van der Waals surface area contributed by atoms with Gasteiger partial charge >= 0.3 is 0 Å². The number of aromatic nitrogens is 3. The summed E-state index contributed by atoms with van der Waals surface area (Å²) < 4.78 is 24.1. The highest BCUT2D eigenvalue weighted by atomic mass is 32.1. The zero-order valence-corrected chi connectivity index (χ0v) is 13.6. The third-order valence-electron chi connectivity index (χ3n) is 3.81. The van der Waals surface area contributed by atoms with Crippen LogP contribution in [0.15, 0.2) is 40.4 Å². The quantitative estimate of drug-likeness (QED) is 0.724. The molecule has 4 rings (SSSR count). The van der Waals surface area contributed by atoms with E-state index in [1.807, 2.05) is 5.38 Å². The summed E-state index contributed by atoms with van der Waals surface area (Å²) in [6, 6.07) is 6.03. The van der Waals surface area contributed by atoms with E-state index in [1.54, 1.807) is 29.7 Å². The summed E-state index contributed by atoms with van der Waals surface area (Å²) in [6.07, 6.45) is 1.77. The van der Waals surface area contributed by atoms with E-state index in [4.69, 9.17) is 9.26 Å². The van der Waals surface area contributed by atoms with E-state index >= 15 is 0 Å². The van der Waals surface area contributed by atoms with Crippen molar-refractivity contribution in [2.24, 2.45) is 0 Å². The Morgan fingerprint density at radius 2 is 2.17 bits per heavy atom. The lowest BCUT2D eigenvalue weighted by atomic mass is 10.2.